The summed E-state index contributed by atoms with van der Waals surface area (Å²) in [6.45, 7) is 0.781. The SMILES string of the molecule is Cn1c(NC2COCC2n2nc3c(cc2=O)CCCC3)nc2cnccc2c1=O. The van der Waals surface area contributed by atoms with E-state index >= 15 is 0 Å². The molecule has 5 rings (SSSR count). The molecule has 0 radical (unpaired) electrons. The first kappa shape index (κ1) is 18.0. The summed E-state index contributed by atoms with van der Waals surface area (Å²) in [5.41, 5.74) is 2.32. The molecule has 9 nitrogen and oxygen atoms in total. The number of aromatic nitrogens is 5. The highest BCUT2D eigenvalue weighted by Gasteiger charge is 2.33. The van der Waals surface area contributed by atoms with Crippen molar-refractivity contribution in [2.75, 3.05) is 18.5 Å². The molecule has 0 amide bonds. The predicted molar refractivity (Wildman–Crippen MR) is 107 cm³/mol. The van der Waals surface area contributed by atoms with Crippen molar-refractivity contribution in [2.24, 2.45) is 7.05 Å². The van der Waals surface area contributed by atoms with E-state index < -0.39 is 0 Å². The van der Waals surface area contributed by atoms with Crippen molar-refractivity contribution in [1.29, 1.82) is 0 Å². The maximum absolute atomic E-state index is 12.7. The molecular formula is C20H22N6O3. The van der Waals surface area contributed by atoms with Gasteiger partial charge >= 0.3 is 0 Å². The molecule has 0 aromatic carbocycles. The Balaban J connectivity index is 1.50. The van der Waals surface area contributed by atoms with Crippen LogP contribution in [0.3, 0.4) is 0 Å². The van der Waals surface area contributed by atoms with Crippen LogP contribution in [0, 0.1) is 0 Å². The van der Waals surface area contributed by atoms with Crippen LogP contribution in [0.1, 0.15) is 30.1 Å². The predicted octanol–water partition coefficient (Wildman–Crippen LogP) is 0.816. The van der Waals surface area contributed by atoms with Gasteiger partial charge in [-0.25, -0.2) is 9.67 Å². The molecule has 2 atom stereocenters. The first-order valence-electron chi connectivity index (χ1n) is 9.88. The smallest absolute Gasteiger partial charge is 0.267 e. The fourth-order valence-electron chi connectivity index (χ4n) is 4.15. The van der Waals surface area contributed by atoms with Gasteiger partial charge in [-0.1, -0.05) is 0 Å². The average molecular weight is 394 g/mol. The van der Waals surface area contributed by atoms with Crippen LogP contribution in [0.2, 0.25) is 0 Å². The zero-order valence-corrected chi connectivity index (χ0v) is 16.2. The number of aryl methyl sites for hydroxylation is 2. The van der Waals surface area contributed by atoms with Crippen LogP contribution < -0.4 is 16.4 Å². The van der Waals surface area contributed by atoms with Gasteiger partial charge in [0.05, 0.1) is 42.0 Å². The third-order valence-corrected chi connectivity index (χ3v) is 5.79. The second-order valence-electron chi connectivity index (χ2n) is 7.65. The van der Waals surface area contributed by atoms with Crippen LogP contribution in [-0.2, 0) is 24.6 Å². The Labute approximate surface area is 166 Å². The molecule has 1 fully saturated rings. The van der Waals surface area contributed by atoms with E-state index in [1.807, 2.05) is 0 Å². The van der Waals surface area contributed by atoms with Crippen molar-refractivity contribution >= 4 is 16.9 Å². The summed E-state index contributed by atoms with van der Waals surface area (Å²) < 4.78 is 8.67. The number of hydrogen-bond donors (Lipinski definition) is 1. The minimum atomic E-state index is -0.267. The highest BCUT2D eigenvalue weighted by molar-refractivity contribution is 5.77. The summed E-state index contributed by atoms with van der Waals surface area (Å²) in [7, 11) is 1.67. The van der Waals surface area contributed by atoms with Crippen LogP contribution in [0.15, 0.2) is 34.1 Å². The lowest BCUT2D eigenvalue weighted by atomic mass is 9.97. The van der Waals surface area contributed by atoms with Crippen molar-refractivity contribution < 1.29 is 4.74 Å². The summed E-state index contributed by atoms with van der Waals surface area (Å²) in [5, 5.41) is 8.47. The van der Waals surface area contributed by atoms with Crippen LogP contribution in [0.5, 0.6) is 0 Å². The van der Waals surface area contributed by atoms with Crippen molar-refractivity contribution in [2.45, 2.75) is 37.8 Å². The molecular weight excluding hydrogens is 372 g/mol. The quantitative estimate of drug-likeness (QED) is 0.701. The van der Waals surface area contributed by atoms with Gasteiger partial charge in [-0.3, -0.25) is 19.1 Å². The van der Waals surface area contributed by atoms with Crippen LogP contribution >= 0.6 is 0 Å². The molecule has 3 aromatic rings. The molecule has 1 aliphatic heterocycles. The maximum atomic E-state index is 12.7. The second kappa shape index (κ2) is 7.07. The lowest BCUT2D eigenvalue weighted by Crippen LogP contribution is -2.39. The largest absolute Gasteiger partial charge is 0.377 e. The van der Waals surface area contributed by atoms with Crippen molar-refractivity contribution in [1.82, 2.24) is 24.3 Å². The van der Waals surface area contributed by atoms with Gasteiger partial charge in [0.2, 0.25) is 5.95 Å². The molecule has 150 valence electrons. The third-order valence-electron chi connectivity index (χ3n) is 5.79. The highest BCUT2D eigenvalue weighted by atomic mass is 16.5. The van der Waals surface area contributed by atoms with Gasteiger partial charge in [-0.2, -0.15) is 5.10 Å². The van der Waals surface area contributed by atoms with Gasteiger partial charge < -0.3 is 10.1 Å². The lowest BCUT2D eigenvalue weighted by Gasteiger charge is -2.23. The standard InChI is InChI=1S/C20H22N6O3/c1-25-19(28)13-6-7-21-9-15(13)22-20(25)23-16-10-29-11-17(16)26-18(27)8-12-4-2-3-5-14(12)24-26/h6-9,16-17H,2-5,10-11H2,1H3,(H,22,23). The van der Waals surface area contributed by atoms with E-state index in [1.54, 1.807) is 31.6 Å². The molecule has 2 unspecified atom stereocenters. The van der Waals surface area contributed by atoms with E-state index in [1.165, 1.54) is 9.25 Å². The number of hydrogen-bond acceptors (Lipinski definition) is 7. The average Bonchev–Trinajstić information content (AvgIpc) is 3.19. The van der Waals surface area contributed by atoms with Crippen LogP contribution in [0.4, 0.5) is 5.95 Å². The van der Waals surface area contributed by atoms with Gasteiger partial charge in [0.25, 0.3) is 11.1 Å². The van der Waals surface area contributed by atoms with E-state index in [0.29, 0.717) is 30.1 Å². The molecule has 29 heavy (non-hydrogen) atoms. The Morgan fingerprint density at radius 2 is 2.07 bits per heavy atom. The van der Waals surface area contributed by atoms with E-state index in [9.17, 15) is 9.59 Å². The van der Waals surface area contributed by atoms with Crippen molar-refractivity contribution in [3.05, 3.63) is 56.5 Å². The monoisotopic (exact) mass is 394 g/mol. The number of nitrogens with zero attached hydrogens (tertiary/aromatic N) is 5. The van der Waals surface area contributed by atoms with Gasteiger partial charge in [-0.05, 0) is 37.3 Å². The fourth-order valence-corrected chi connectivity index (χ4v) is 4.15. The normalized spacial score (nSPS) is 21.3. The van der Waals surface area contributed by atoms with E-state index in [2.05, 4.69) is 20.4 Å². The Kier molecular flexibility index (Phi) is 4.39. The van der Waals surface area contributed by atoms with Gasteiger partial charge in [-0.15, -0.1) is 0 Å². The Morgan fingerprint density at radius 1 is 1.21 bits per heavy atom. The van der Waals surface area contributed by atoms with E-state index in [0.717, 1.165) is 36.9 Å². The molecule has 1 aliphatic carbocycles. The topological polar surface area (TPSA) is 104 Å². The van der Waals surface area contributed by atoms with Gasteiger partial charge in [0.15, 0.2) is 0 Å². The van der Waals surface area contributed by atoms with Gasteiger partial charge in [0, 0.05) is 19.3 Å². The summed E-state index contributed by atoms with van der Waals surface area (Å²) in [6, 6.07) is 2.88. The van der Waals surface area contributed by atoms with Crippen LogP contribution in [0.25, 0.3) is 10.9 Å². The molecule has 1 saturated heterocycles. The first-order chi connectivity index (χ1) is 14.1. The minimum Gasteiger partial charge on any atom is -0.377 e. The zero-order chi connectivity index (χ0) is 20.0. The summed E-state index contributed by atoms with van der Waals surface area (Å²) >= 11 is 0. The first-order valence-corrected chi connectivity index (χ1v) is 9.88. The molecule has 1 N–H and O–H groups in total. The van der Waals surface area contributed by atoms with E-state index in [4.69, 9.17) is 4.74 Å². The zero-order valence-electron chi connectivity index (χ0n) is 16.2. The van der Waals surface area contributed by atoms with Crippen LogP contribution in [-0.4, -0.2) is 43.6 Å². The Hall–Kier alpha value is -3.07. The van der Waals surface area contributed by atoms with Crippen molar-refractivity contribution in [3.8, 4) is 0 Å². The minimum absolute atomic E-state index is 0.113. The molecule has 0 saturated carbocycles. The molecule has 0 spiro atoms. The van der Waals surface area contributed by atoms with Gasteiger partial charge in [0.1, 0.15) is 6.04 Å². The molecule has 4 heterocycles. The lowest BCUT2D eigenvalue weighted by molar-refractivity contribution is 0.182. The fraction of sp³-hybridized carbons (Fsp3) is 0.450. The highest BCUT2D eigenvalue weighted by Crippen LogP contribution is 2.23. The molecule has 3 aromatic heterocycles. The Morgan fingerprint density at radius 3 is 2.97 bits per heavy atom. The number of pyridine rings is 1. The van der Waals surface area contributed by atoms with E-state index in [-0.39, 0.29) is 23.2 Å². The molecule has 2 aliphatic rings. The number of ether oxygens (including phenoxy) is 1. The number of anilines is 1. The third kappa shape index (κ3) is 3.11. The number of fused-ring (bicyclic) bond motifs is 2. The van der Waals surface area contributed by atoms with Crippen molar-refractivity contribution in [3.63, 3.8) is 0 Å². The summed E-state index contributed by atoms with van der Waals surface area (Å²) in [5.74, 6) is 0.419. The molecule has 0 bridgehead atoms. The molecule has 9 heteroatoms. The maximum Gasteiger partial charge on any atom is 0.267 e. The second-order valence-corrected chi connectivity index (χ2v) is 7.65. The Bertz CT molecular complexity index is 1200. The summed E-state index contributed by atoms with van der Waals surface area (Å²) in [4.78, 5) is 34.0. The summed E-state index contributed by atoms with van der Waals surface area (Å²) in [6.07, 6.45) is 7.16. The number of nitrogens with one attached hydrogen (secondary N) is 1. The number of rotatable bonds is 3.